The van der Waals surface area contributed by atoms with E-state index in [1.165, 1.54) is 37.1 Å². The van der Waals surface area contributed by atoms with Crippen LogP contribution in [-0.2, 0) is 0 Å². The Hall–Kier alpha value is -1.02. The van der Waals surface area contributed by atoms with Gasteiger partial charge >= 0.3 is 0 Å². The van der Waals surface area contributed by atoms with E-state index in [4.69, 9.17) is 4.74 Å². The summed E-state index contributed by atoms with van der Waals surface area (Å²) in [5, 5.41) is 0. The highest BCUT2D eigenvalue weighted by Gasteiger charge is 2.11. The summed E-state index contributed by atoms with van der Waals surface area (Å²) < 4.78 is 6.11. The van der Waals surface area contributed by atoms with E-state index in [9.17, 15) is 0 Å². The summed E-state index contributed by atoms with van der Waals surface area (Å²) in [6, 6.07) is 6.69. The minimum absolute atomic E-state index is 0.496. The Morgan fingerprint density at radius 3 is 2.05 bits per heavy atom. The van der Waals surface area contributed by atoms with Crippen molar-refractivity contribution in [1.82, 2.24) is 4.90 Å². The molecule has 0 aliphatic heterocycles. The Labute approximate surface area is 137 Å². The number of rotatable bonds is 10. The molecular weight excluding hydrogens is 270 g/mol. The van der Waals surface area contributed by atoms with Crippen molar-refractivity contribution in [1.29, 1.82) is 0 Å². The molecule has 1 rings (SSSR count). The highest BCUT2D eigenvalue weighted by Crippen LogP contribution is 2.30. The predicted molar refractivity (Wildman–Crippen MR) is 97.1 cm³/mol. The maximum absolute atomic E-state index is 6.11. The molecule has 0 saturated carbocycles. The van der Waals surface area contributed by atoms with Crippen molar-refractivity contribution in [3.05, 3.63) is 29.3 Å². The zero-order valence-electron chi connectivity index (χ0n) is 15.5. The molecule has 0 aromatic heterocycles. The molecule has 0 fully saturated rings. The molecule has 0 amide bonds. The summed E-state index contributed by atoms with van der Waals surface area (Å²) in [4.78, 5) is 2.50. The molecule has 126 valence electrons. The lowest BCUT2D eigenvalue weighted by atomic mass is 9.95. The minimum atomic E-state index is 0.496. The van der Waals surface area contributed by atoms with Crippen LogP contribution in [0.4, 0.5) is 0 Å². The number of nitrogens with zero attached hydrogens (tertiary/aromatic N) is 1. The summed E-state index contributed by atoms with van der Waals surface area (Å²) in [6.07, 6.45) is 2.42. The topological polar surface area (TPSA) is 12.5 Å². The zero-order chi connectivity index (χ0) is 16.5. The molecule has 2 nitrogen and oxygen atoms in total. The monoisotopic (exact) mass is 305 g/mol. The number of hydrogen-bond acceptors (Lipinski definition) is 2. The molecule has 0 saturated heterocycles. The van der Waals surface area contributed by atoms with E-state index in [-0.39, 0.29) is 0 Å². The third-order valence-corrected chi connectivity index (χ3v) is 4.07. The van der Waals surface area contributed by atoms with Gasteiger partial charge in [0.2, 0.25) is 0 Å². The van der Waals surface area contributed by atoms with Crippen molar-refractivity contribution in [2.45, 2.75) is 66.2 Å². The summed E-state index contributed by atoms with van der Waals surface area (Å²) in [5.41, 5.74) is 2.73. The third kappa shape index (κ3) is 6.00. The molecule has 0 spiro atoms. The van der Waals surface area contributed by atoms with Crippen LogP contribution in [0.2, 0.25) is 0 Å². The molecule has 0 bridgehead atoms. The second kappa shape index (κ2) is 9.89. The highest BCUT2D eigenvalue weighted by atomic mass is 16.5. The van der Waals surface area contributed by atoms with Crippen LogP contribution < -0.4 is 4.74 Å². The quantitative estimate of drug-likeness (QED) is 0.571. The maximum atomic E-state index is 6.11. The van der Waals surface area contributed by atoms with E-state index in [0.717, 1.165) is 18.9 Å². The zero-order valence-corrected chi connectivity index (χ0v) is 15.5. The van der Waals surface area contributed by atoms with Crippen LogP contribution in [0.5, 0.6) is 5.75 Å². The second-order valence-corrected chi connectivity index (χ2v) is 6.80. The summed E-state index contributed by atoms with van der Waals surface area (Å²) in [7, 11) is 0. The van der Waals surface area contributed by atoms with Crippen LogP contribution in [0.1, 0.15) is 77.3 Å². The van der Waals surface area contributed by atoms with Gasteiger partial charge in [0.1, 0.15) is 12.4 Å². The fraction of sp³-hybridized carbons (Fsp3) is 0.700. The first-order valence-electron chi connectivity index (χ1n) is 8.98. The first-order chi connectivity index (χ1) is 10.5. The lowest BCUT2D eigenvalue weighted by Gasteiger charge is -2.22. The summed E-state index contributed by atoms with van der Waals surface area (Å²) in [5.74, 6) is 2.12. The fourth-order valence-electron chi connectivity index (χ4n) is 2.76. The standard InChI is InChI=1S/C20H35NO/c1-7-11-21(12-8-2)13-14-22-20-10-9-18(16(3)4)15-19(20)17(5)6/h9-10,15-17H,7-8,11-14H2,1-6H3. The third-order valence-electron chi connectivity index (χ3n) is 4.07. The first kappa shape index (κ1) is 19.0. The van der Waals surface area contributed by atoms with Gasteiger partial charge in [0, 0.05) is 6.54 Å². The van der Waals surface area contributed by atoms with Gasteiger partial charge in [0.25, 0.3) is 0 Å². The second-order valence-electron chi connectivity index (χ2n) is 6.80. The van der Waals surface area contributed by atoms with Crippen LogP contribution in [-0.4, -0.2) is 31.1 Å². The van der Waals surface area contributed by atoms with Crippen molar-refractivity contribution >= 4 is 0 Å². The van der Waals surface area contributed by atoms with E-state index in [1.807, 2.05) is 0 Å². The molecule has 0 N–H and O–H groups in total. The van der Waals surface area contributed by atoms with Crippen molar-refractivity contribution in [3.8, 4) is 5.75 Å². The molecule has 0 aliphatic rings. The lowest BCUT2D eigenvalue weighted by Crippen LogP contribution is -2.30. The average molecular weight is 306 g/mol. The predicted octanol–water partition coefficient (Wildman–Crippen LogP) is 5.43. The average Bonchev–Trinajstić information content (AvgIpc) is 2.47. The van der Waals surface area contributed by atoms with Gasteiger partial charge in [-0.3, -0.25) is 4.90 Å². The fourth-order valence-corrected chi connectivity index (χ4v) is 2.76. The van der Waals surface area contributed by atoms with Crippen LogP contribution in [0.3, 0.4) is 0 Å². The molecule has 1 aromatic carbocycles. The van der Waals surface area contributed by atoms with Crippen LogP contribution in [0.25, 0.3) is 0 Å². The Balaban J connectivity index is 2.68. The molecule has 2 heteroatoms. The lowest BCUT2D eigenvalue weighted by molar-refractivity contribution is 0.207. The molecule has 1 aromatic rings. The van der Waals surface area contributed by atoms with E-state index >= 15 is 0 Å². The van der Waals surface area contributed by atoms with Crippen molar-refractivity contribution in [3.63, 3.8) is 0 Å². The minimum Gasteiger partial charge on any atom is -0.492 e. The Morgan fingerprint density at radius 2 is 1.55 bits per heavy atom. The molecule has 0 unspecified atom stereocenters. The summed E-state index contributed by atoms with van der Waals surface area (Å²) in [6.45, 7) is 17.6. The molecule has 0 radical (unpaired) electrons. The summed E-state index contributed by atoms with van der Waals surface area (Å²) >= 11 is 0. The van der Waals surface area contributed by atoms with Gasteiger partial charge in [-0.15, -0.1) is 0 Å². The number of benzene rings is 1. The van der Waals surface area contributed by atoms with Crippen molar-refractivity contribution in [2.75, 3.05) is 26.2 Å². The van der Waals surface area contributed by atoms with Gasteiger partial charge in [-0.1, -0.05) is 53.7 Å². The van der Waals surface area contributed by atoms with Crippen LogP contribution >= 0.6 is 0 Å². The molecule has 0 atom stereocenters. The Bertz CT molecular complexity index is 420. The van der Waals surface area contributed by atoms with Gasteiger partial charge < -0.3 is 4.74 Å². The number of ether oxygens (including phenoxy) is 1. The SMILES string of the molecule is CCCN(CCC)CCOc1ccc(C(C)C)cc1C(C)C. The van der Waals surface area contributed by atoms with Gasteiger partial charge in [0.15, 0.2) is 0 Å². The Kier molecular flexibility index (Phi) is 8.55. The normalized spacial score (nSPS) is 11.7. The van der Waals surface area contributed by atoms with Crippen LogP contribution in [0.15, 0.2) is 18.2 Å². The van der Waals surface area contributed by atoms with Crippen molar-refractivity contribution in [2.24, 2.45) is 0 Å². The molecule has 0 aliphatic carbocycles. The maximum Gasteiger partial charge on any atom is 0.122 e. The largest absolute Gasteiger partial charge is 0.492 e. The smallest absolute Gasteiger partial charge is 0.122 e. The van der Waals surface area contributed by atoms with Gasteiger partial charge in [-0.2, -0.15) is 0 Å². The van der Waals surface area contributed by atoms with E-state index < -0.39 is 0 Å². The molecule has 0 heterocycles. The van der Waals surface area contributed by atoms with E-state index in [2.05, 4.69) is 64.6 Å². The van der Waals surface area contributed by atoms with Gasteiger partial charge in [0.05, 0.1) is 0 Å². The van der Waals surface area contributed by atoms with Crippen molar-refractivity contribution < 1.29 is 4.74 Å². The van der Waals surface area contributed by atoms with E-state index in [1.54, 1.807) is 0 Å². The van der Waals surface area contributed by atoms with Gasteiger partial charge in [-0.25, -0.2) is 0 Å². The van der Waals surface area contributed by atoms with Crippen LogP contribution in [0, 0.1) is 0 Å². The number of hydrogen-bond donors (Lipinski definition) is 0. The van der Waals surface area contributed by atoms with E-state index in [0.29, 0.717) is 11.8 Å². The highest BCUT2D eigenvalue weighted by molar-refractivity contribution is 5.40. The molecule has 22 heavy (non-hydrogen) atoms. The van der Waals surface area contributed by atoms with Gasteiger partial charge in [-0.05, 0) is 55.0 Å². The molecular formula is C20H35NO. The Morgan fingerprint density at radius 1 is 0.909 bits per heavy atom. The first-order valence-corrected chi connectivity index (χ1v) is 8.98.